The maximum Gasteiger partial charge on any atom is 0.128 e. The van der Waals surface area contributed by atoms with Crippen LogP contribution in [0.1, 0.15) is 44.4 Å². The van der Waals surface area contributed by atoms with Crippen molar-refractivity contribution in [1.29, 1.82) is 0 Å². The van der Waals surface area contributed by atoms with Gasteiger partial charge >= 0.3 is 0 Å². The van der Waals surface area contributed by atoms with E-state index in [2.05, 4.69) is 26.8 Å². The molecule has 1 aromatic rings. The lowest BCUT2D eigenvalue weighted by Crippen LogP contribution is -2.24. The van der Waals surface area contributed by atoms with Crippen LogP contribution in [0.3, 0.4) is 0 Å². The van der Waals surface area contributed by atoms with E-state index in [0.29, 0.717) is 6.61 Å². The SMILES string of the molecule is COc1cc2c(c(C(C)(C)C)c1)OCC[C@H]2N. The minimum atomic E-state index is 0.0235. The number of hydrogen-bond acceptors (Lipinski definition) is 3. The zero-order valence-corrected chi connectivity index (χ0v) is 11.0. The van der Waals surface area contributed by atoms with Crippen LogP contribution in [0.25, 0.3) is 0 Å². The second-order valence-electron chi connectivity index (χ2n) is 5.59. The first-order valence-electron chi connectivity index (χ1n) is 6.04. The van der Waals surface area contributed by atoms with Crippen molar-refractivity contribution in [3.8, 4) is 11.5 Å². The summed E-state index contributed by atoms with van der Waals surface area (Å²) in [4.78, 5) is 0. The molecule has 1 aliphatic rings. The summed E-state index contributed by atoms with van der Waals surface area (Å²) in [6.07, 6.45) is 0.865. The third kappa shape index (κ3) is 2.25. The fourth-order valence-corrected chi connectivity index (χ4v) is 2.18. The fraction of sp³-hybridized carbons (Fsp3) is 0.571. The van der Waals surface area contributed by atoms with Gasteiger partial charge in [-0.05, 0) is 17.5 Å². The quantitative estimate of drug-likeness (QED) is 0.814. The molecule has 0 aromatic heterocycles. The van der Waals surface area contributed by atoms with Crippen molar-refractivity contribution in [3.05, 3.63) is 23.3 Å². The van der Waals surface area contributed by atoms with Gasteiger partial charge in [0.15, 0.2) is 0 Å². The Morgan fingerprint density at radius 3 is 2.65 bits per heavy atom. The van der Waals surface area contributed by atoms with E-state index >= 15 is 0 Å². The summed E-state index contributed by atoms with van der Waals surface area (Å²) in [5, 5.41) is 0. The molecule has 0 saturated heterocycles. The molecule has 1 aliphatic heterocycles. The van der Waals surface area contributed by atoms with E-state index in [1.54, 1.807) is 7.11 Å². The standard InChI is InChI=1S/C14H21NO2/c1-14(2,3)11-8-9(16-4)7-10-12(15)5-6-17-13(10)11/h7-8,12H,5-6,15H2,1-4H3/t12-/m1/s1. The van der Waals surface area contributed by atoms with E-state index < -0.39 is 0 Å². The maximum absolute atomic E-state index is 6.15. The first-order chi connectivity index (χ1) is 7.93. The minimum absolute atomic E-state index is 0.0235. The molecule has 2 N–H and O–H groups in total. The van der Waals surface area contributed by atoms with Crippen LogP contribution in [-0.2, 0) is 5.41 Å². The number of benzene rings is 1. The average Bonchev–Trinajstić information content (AvgIpc) is 2.27. The van der Waals surface area contributed by atoms with Crippen LogP contribution in [0.2, 0.25) is 0 Å². The molecule has 0 aliphatic carbocycles. The molecular formula is C14H21NO2. The molecule has 0 unspecified atom stereocenters. The van der Waals surface area contributed by atoms with Gasteiger partial charge in [0.05, 0.1) is 13.7 Å². The summed E-state index contributed by atoms with van der Waals surface area (Å²) in [6, 6.07) is 4.10. The van der Waals surface area contributed by atoms with E-state index in [0.717, 1.165) is 23.5 Å². The second-order valence-corrected chi connectivity index (χ2v) is 5.59. The highest BCUT2D eigenvalue weighted by Gasteiger charge is 2.27. The second kappa shape index (κ2) is 4.22. The Morgan fingerprint density at radius 1 is 1.35 bits per heavy atom. The van der Waals surface area contributed by atoms with Gasteiger partial charge in [0.1, 0.15) is 11.5 Å². The van der Waals surface area contributed by atoms with Gasteiger partial charge in [0, 0.05) is 23.6 Å². The Labute approximate surface area is 103 Å². The van der Waals surface area contributed by atoms with Gasteiger partial charge in [0.25, 0.3) is 0 Å². The molecule has 0 radical (unpaired) electrons. The lowest BCUT2D eigenvalue weighted by atomic mass is 9.83. The number of fused-ring (bicyclic) bond motifs is 1. The summed E-state index contributed by atoms with van der Waals surface area (Å²) < 4.78 is 11.2. The summed E-state index contributed by atoms with van der Waals surface area (Å²) in [6.45, 7) is 7.21. The van der Waals surface area contributed by atoms with Crippen LogP contribution in [0.4, 0.5) is 0 Å². The maximum atomic E-state index is 6.15. The normalized spacial score (nSPS) is 19.5. The highest BCUT2D eigenvalue weighted by atomic mass is 16.5. The van der Waals surface area contributed by atoms with Gasteiger partial charge in [-0.2, -0.15) is 0 Å². The van der Waals surface area contributed by atoms with Crippen molar-refractivity contribution in [2.75, 3.05) is 13.7 Å². The van der Waals surface area contributed by atoms with Crippen LogP contribution < -0.4 is 15.2 Å². The van der Waals surface area contributed by atoms with Crippen LogP contribution >= 0.6 is 0 Å². The molecule has 0 spiro atoms. The lowest BCUT2D eigenvalue weighted by molar-refractivity contribution is 0.260. The molecule has 17 heavy (non-hydrogen) atoms. The molecule has 94 valence electrons. The van der Waals surface area contributed by atoms with E-state index in [1.807, 2.05) is 6.07 Å². The number of hydrogen-bond donors (Lipinski definition) is 1. The average molecular weight is 235 g/mol. The molecule has 1 atom stereocenters. The first kappa shape index (κ1) is 12.2. The Morgan fingerprint density at radius 2 is 2.06 bits per heavy atom. The third-order valence-electron chi connectivity index (χ3n) is 3.21. The highest BCUT2D eigenvalue weighted by Crippen LogP contribution is 2.42. The van der Waals surface area contributed by atoms with Gasteiger partial charge in [-0.3, -0.25) is 0 Å². The Hall–Kier alpha value is -1.22. The Kier molecular flexibility index (Phi) is 3.04. The summed E-state index contributed by atoms with van der Waals surface area (Å²) in [5.74, 6) is 1.81. The predicted octanol–water partition coefficient (Wildman–Crippen LogP) is 2.78. The molecule has 3 nitrogen and oxygen atoms in total. The molecule has 0 amide bonds. The predicted molar refractivity (Wildman–Crippen MR) is 68.7 cm³/mol. The molecule has 0 fully saturated rings. The smallest absolute Gasteiger partial charge is 0.128 e. The molecule has 0 saturated carbocycles. The van der Waals surface area contributed by atoms with Gasteiger partial charge in [-0.15, -0.1) is 0 Å². The summed E-state index contributed by atoms with van der Waals surface area (Å²) >= 11 is 0. The van der Waals surface area contributed by atoms with Crippen LogP contribution in [0.15, 0.2) is 12.1 Å². The van der Waals surface area contributed by atoms with E-state index in [9.17, 15) is 0 Å². The van der Waals surface area contributed by atoms with Crippen molar-refractivity contribution >= 4 is 0 Å². The molecule has 1 heterocycles. The molecule has 0 bridgehead atoms. The van der Waals surface area contributed by atoms with Crippen molar-refractivity contribution < 1.29 is 9.47 Å². The number of rotatable bonds is 1. The van der Waals surface area contributed by atoms with Crippen LogP contribution in [0.5, 0.6) is 11.5 Å². The van der Waals surface area contributed by atoms with Crippen molar-refractivity contribution in [3.63, 3.8) is 0 Å². The number of methoxy groups -OCH3 is 1. The van der Waals surface area contributed by atoms with Gasteiger partial charge in [0.2, 0.25) is 0 Å². The fourth-order valence-electron chi connectivity index (χ4n) is 2.18. The van der Waals surface area contributed by atoms with E-state index in [4.69, 9.17) is 15.2 Å². The third-order valence-corrected chi connectivity index (χ3v) is 3.21. The highest BCUT2D eigenvalue weighted by molar-refractivity contribution is 5.52. The van der Waals surface area contributed by atoms with E-state index in [-0.39, 0.29) is 11.5 Å². The minimum Gasteiger partial charge on any atom is -0.497 e. The molecular weight excluding hydrogens is 214 g/mol. The topological polar surface area (TPSA) is 44.5 Å². The zero-order chi connectivity index (χ0) is 12.6. The van der Waals surface area contributed by atoms with Crippen molar-refractivity contribution in [2.45, 2.75) is 38.6 Å². The van der Waals surface area contributed by atoms with Gasteiger partial charge in [-0.25, -0.2) is 0 Å². The lowest BCUT2D eigenvalue weighted by Gasteiger charge is -2.30. The summed E-state index contributed by atoms with van der Waals surface area (Å²) in [7, 11) is 1.68. The monoisotopic (exact) mass is 235 g/mol. The Balaban J connectivity index is 2.62. The largest absolute Gasteiger partial charge is 0.497 e. The molecule has 3 heteroatoms. The number of ether oxygens (including phenoxy) is 2. The molecule has 1 aromatic carbocycles. The van der Waals surface area contributed by atoms with Crippen molar-refractivity contribution in [2.24, 2.45) is 5.73 Å². The zero-order valence-electron chi connectivity index (χ0n) is 11.0. The van der Waals surface area contributed by atoms with Crippen LogP contribution in [0, 0.1) is 0 Å². The van der Waals surface area contributed by atoms with Crippen molar-refractivity contribution in [1.82, 2.24) is 0 Å². The number of nitrogens with two attached hydrogens (primary N) is 1. The van der Waals surface area contributed by atoms with Gasteiger partial charge in [-0.1, -0.05) is 20.8 Å². The van der Waals surface area contributed by atoms with Crippen LogP contribution in [-0.4, -0.2) is 13.7 Å². The summed E-state index contributed by atoms with van der Waals surface area (Å²) in [5.41, 5.74) is 8.41. The Bertz CT molecular complexity index is 421. The van der Waals surface area contributed by atoms with Gasteiger partial charge < -0.3 is 15.2 Å². The molecule has 2 rings (SSSR count). The van der Waals surface area contributed by atoms with E-state index in [1.165, 1.54) is 5.56 Å². The first-order valence-corrected chi connectivity index (χ1v) is 6.04.